The number of benzene rings is 3. The second kappa shape index (κ2) is 9.40. The topological polar surface area (TPSA) is 0 Å². The number of aryl methyl sites for hydroxylation is 1. The summed E-state index contributed by atoms with van der Waals surface area (Å²) in [5.74, 6) is 1.67. The van der Waals surface area contributed by atoms with E-state index < -0.39 is 0 Å². The van der Waals surface area contributed by atoms with E-state index in [0.29, 0.717) is 17.8 Å². The molecule has 0 unspecified atom stereocenters. The molecular formula is C27H40. The zero-order valence-corrected chi connectivity index (χ0v) is 18.2. The molecular weight excluding hydrogens is 324 g/mol. The van der Waals surface area contributed by atoms with Crippen molar-refractivity contribution in [3.05, 3.63) is 58.7 Å². The van der Waals surface area contributed by atoms with Gasteiger partial charge in [-0.05, 0) is 80.6 Å². The number of hydrogen-bond donors (Lipinski definition) is 0. The first kappa shape index (κ1) is 23.2. The van der Waals surface area contributed by atoms with Crippen LogP contribution < -0.4 is 0 Å². The molecule has 0 radical (unpaired) electrons. The van der Waals surface area contributed by atoms with Crippen LogP contribution in [0.5, 0.6) is 0 Å². The van der Waals surface area contributed by atoms with E-state index in [1.54, 1.807) is 0 Å². The maximum atomic E-state index is 2.43. The Bertz CT molecular complexity index is 895. The molecule has 148 valence electrons. The number of fused-ring (bicyclic) bond motifs is 2. The highest BCUT2D eigenvalue weighted by molar-refractivity contribution is 6.00. The molecule has 0 amide bonds. The fourth-order valence-corrected chi connectivity index (χ4v) is 4.06. The lowest BCUT2D eigenvalue weighted by Crippen LogP contribution is -2.00. The Labute approximate surface area is 168 Å². The minimum atomic E-state index is 0. The van der Waals surface area contributed by atoms with Crippen molar-refractivity contribution in [2.45, 2.75) is 87.5 Å². The second-order valence-corrected chi connectivity index (χ2v) is 8.16. The third-order valence-electron chi connectivity index (χ3n) is 5.26. The van der Waals surface area contributed by atoms with Crippen molar-refractivity contribution >= 4 is 21.5 Å². The third-order valence-corrected chi connectivity index (χ3v) is 5.26. The predicted octanol–water partition coefficient (Wildman–Crippen LogP) is 9.33. The van der Waals surface area contributed by atoms with E-state index in [4.69, 9.17) is 0 Å². The molecule has 0 aliphatic heterocycles. The Morgan fingerprint density at radius 3 is 1.67 bits per heavy atom. The summed E-state index contributed by atoms with van der Waals surface area (Å²) < 4.78 is 0. The first-order valence-electron chi connectivity index (χ1n) is 10.3. The number of rotatable bonds is 3. The summed E-state index contributed by atoms with van der Waals surface area (Å²) >= 11 is 0. The van der Waals surface area contributed by atoms with Gasteiger partial charge in [-0.3, -0.25) is 0 Å². The van der Waals surface area contributed by atoms with Gasteiger partial charge in [-0.25, -0.2) is 0 Å². The van der Waals surface area contributed by atoms with Crippen LogP contribution >= 0.6 is 0 Å². The quantitative estimate of drug-likeness (QED) is 0.406. The van der Waals surface area contributed by atoms with Crippen molar-refractivity contribution in [1.82, 2.24) is 0 Å². The van der Waals surface area contributed by atoms with Crippen LogP contribution in [0.1, 0.15) is 103 Å². The van der Waals surface area contributed by atoms with E-state index in [-0.39, 0.29) is 7.43 Å². The highest BCUT2D eigenvalue weighted by atomic mass is 14.2. The van der Waals surface area contributed by atoms with Crippen LogP contribution in [0.25, 0.3) is 21.5 Å². The maximum absolute atomic E-state index is 2.43. The smallest absolute Gasteiger partial charge is 0.0140 e. The molecule has 3 aromatic carbocycles. The molecule has 0 N–H and O–H groups in total. The Kier molecular flexibility index (Phi) is 8.08. The average Bonchev–Trinajstić information content (AvgIpc) is 2.59. The first-order valence-corrected chi connectivity index (χ1v) is 10.3. The minimum absolute atomic E-state index is 0. The van der Waals surface area contributed by atoms with E-state index in [9.17, 15) is 0 Å². The predicted molar refractivity (Wildman–Crippen MR) is 127 cm³/mol. The van der Waals surface area contributed by atoms with Gasteiger partial charge in [-0.1, -0.05) is 87.1 Å². The standard InChI is InChI=1S/C24H30.C2H6.CH4/c1-14(2)21-9-8-18-11-19-10-17(7)22(15(3)4)12-20(19)13-23(18)24(21)16(5)6;1-2;/h8-16H,1-7H3;1-2H3;1H4. The van der Waals surface area contributed by atoms with Gasteiger partial charge in [0, 0.05) is 0 Å². The molecule has 27 heavy (non-hydrogen) atoms. The summed E-state index contributed by atoms with van der Waals surface area (Å²) in [6.07, 6.45) is 0. The Balaban J connectivity index is 0.00000118. The van der Waals surface area contributed by atoms with Crippen LogP contribution in [0, 0.1) is 6.92 Å². The Hall–Kier alpha value is -1.82. The second-order valence-electron chi connectivity index (χ2n) is 8.16. The summed E-state index contributed by atoms with van der Waals surface area (Å²) in [6.45, 7) is 20.0. The molecule has 0 saturated heterocycles. The molecule has 0 saturated carbocycles. The molecule has 0 heterocycles. The molecule has 0 spiro atoms. The van der Waals surface area contributed by atoms with Crippen LogP contribution in [0.3, 0.4) is 0 Å². The lowest BCUT2D eigenvalue weighted by Gasteiger charge is -2.20. The van der Waals surface area contributed by atoms with Gasteiger partial charge in [-0.2, -0.15) is 0 Å². The first-order chi connectivity index (χ1) is 12.3. The highest BCUT2D eigenvalue weighted by Gasteiger charge is 2.15. The fourth-order valence-electron chi connectivity index (χ4n) is 4.06. The van der Waals surface area contributed by atoms with Crippen LogP contribution in [0.15, 0.2) is 36.4 Å². The van der Waals surface area contributed by atoms with Crippen molar-refractivity contribution in [1.29, 1.82) is 0 Å². The zero-order chi connectivity index (χ0) is 19.6. The van der Waals surface area contributed by atoms with Gasteiger partial charge < -0.3 is 0 Å². The summed E-state index contributed by atoms with van der Waals surface area (Å²) in [4.78, 5) is 0. The fraction of sp³-hybridized carbons (Fsp3) is 0.481. The molecule has 0 nitrogen and oxygen atoms in total. The SMILES string of the molecule is C.CC.Cc1cc2cc3ccc(C(C)C)c(C(C)C)c3cc2cc1C(C)C. The van der Waals surface area contributed by atoms with Crippen molar-refractivity contribution in [2.24, 2.45) is 0 Å². The van der Waals surface area contributed by atoms with Crippen LogP contribution in [0.2, 0.25) is 0 Å². The molecule has 0 aliphatic rings. The monoisotopic (exact) mass is 364 g/mol. The normalized spacial score (nSPS) is 11.1. The van der Waals surface area contributed by atoms with E-state index in [0.717, 1.165) is 0 Å². The molecule has 0 heteroatoms. The van der Waals surface area contributed by atoms with Crippen molar-refractivity contribution < 1.29 is 0 Å². The van der Waals surface area contributed by atoms with Gasteiger partial charge in [0.15, 0.2) is 0 Å². The summed E-state index contributed by atoms with van der Waals surface area (Å²) in [5, 5.41) is 5.53. The highest BCUT2D eigenvalue weighted by Crippen LogP contribution is 2.36. The average molecular weight is 365 g/mol. The molecule has 3 aromatic rings. The van der Waals surface area contributed by atoms with Gasteiger partial charge >= 0.3 is 0 Å². The molecule has 3 rings (SSSR count). The van der Waals surface area contributed by atoms with E-state index in [1.807, 2.05) is 13.8 Å². The summed E-state index contributed by atoms with van der Waals surface area (Å²) in [5.41, 5.74) is 5.89. The zero-order valence-electron chi connectivity index (χ0n) is 18.2. The van der Waals surface area contributed by atoms with Gasteiger partial charge in [0.1, 0.15) is 0 Å². The van der Waals surface area contributed by atoms with Gasteiger partial charge in [0.2, 0.25) is 0 Å². The Morgan fingerprint density at radius 2 is 1.15 bits per heavy atom. The van der Waals surface area contributed by atoms with Crippen LogP contribution in [-0.2, 0) is 0 Å². The third kappa shape index (κ3) is 4.54. The minimum Gasteiger partial charge on any atom is -0.0776 e. The summed E-state index contributed by atoms with van der Waals surface area (Å²) in [7, 11) is 0. The largest absolute Gasteiger partial charge is 0.0776 e. The maximum Gasteiger partial charge on any atom is -0.0140 e. The van der Waals surface area contributed by atoms with Gasteiger partial charge in [0.05, 0.1) is 0 Å². The van der Waals surface area contributed by atoms with Crippen LogP contribution in [-0.4, -0.2) is 0 Å². The van der Waals surface area contributed by atoms with Crippen LogP contribution in [0.4, 0.5) is 0 Å². The number of hydrogen-bond acceptors (Lipinski definition) is 0. The Morgan fingerprint density at radius 1 is 0.593 bits per heavy atom. The molecule has 0 fully saturated rings. The van der Waals surface area contributed by atoms with Gasteiger partial charge in [0.25, 0.3) is 0 Å². The van der Waals surface area contributed by atoms with Gasteiger partial charge in [-0.15, -0.1) is 0 Å². The lowest BCUT2D eigenvalue weighted by molar-refractivity contribution is 0.798. The van der Waals surface area contributed by atoms with E-state index in [2.05, 4.69) is 84.9 Å². The molecule has 0 bridgehead atoms. The van der Waals surface area contributed by atoms with E-state index >= 15 is 0 Å². The van der Waals surface area contributed by atoms with Crippen molar-refractivity contribution in [3.8, 4) is 0 Å². The molecule has 0 aliphatic carbocycles. The molecule has 0 atom stereocenters. The lowest BCUT2D eigenvalue weighted by atomic mass is 9.85. The van der Waals surface area contributed by atoms with Crippen molar-refractivity contribution in [3.63, 3.8) is 0 Å². The molecule has 0 aromatic heterocycles. The van der Waals surface area contributed by atoms with E-state index in [1.165, 1.54) is 43.8 Å². The summed E-state index contributed by atoms with van der Waals surface area (Å²) in [6, 6.07) is 14.2. The van der Waals surface area contributed by atoms with Crippen molar-refractivity contribution in [2.75, 3.05) is 0 Å².